The number of hydrogen-bond acceptors (Lipinski definition) is 5. The van der Waals surface area contributed by atoms with E-state index in [2.05, 4.69) is 15.3 Å². The Bertz CT molecular complexity index is 821. The fourth-order valence-electron chi connectivity index (χ4n) is 2.31. The summed E-state index contributed by atoms with van der Waals surface area (Å²) >= 11 is 0. The average molecular weight is 298 g/mol. The predicted molar refractivity (Wildman–Crippen MR) is 78.8 cm³/mol. The molecule has 3 rings (SSSR count). The van der Waals surface area contributed by atoms with Crippen LogP contribution < -0.4 is 0 Å². The van der Waals surface area contributed by atoms with Crippen molar-refractivity contribution in [3.8, 4) is 5.69 Å². The van der Waals surface area contributed by atoms with Crippen LogP contribution >= 0.6 is 0 Å². The highest BCUT2D eigenvalue weighted by Gasteiger charge is 2.22. The number of nitrogens with zero attached hydrogens (tertiary/aromatic N) is 6. The van der Waals surface area contributed by atoms with Gasteiger partial charge in [-0.15, -0.1) is 0 Å². The van der Waals surface area contributed by atoms with Crippen molar-refractivity contribution >= 4 is 5.69 Å². The molecule has 0 spiro atoms. The van der Waals surface area contributed by atoms with E-state index in [1.807, 2.05) is 30.3 Å². The summed E-state index contributed by atoms with van der Waals surface area (Å²) in [5, 5.41) is 23.8. The van der Waals surface area contributed by atoms with Gasteiger partial charge < -0.3 is 0 Å². The number of rotatable bonds is 4. The average Bonchev–Trinajstić information content (AvgIpc) is 3.06. The molecule has 0 N–H and O–H groups in total. The standard InChI is InChI=1S/C14H14N6O2/c1-10-14(20(21)22)11(2)18(16-10)9-12-8-15-19(17-12)13-6-4-3-5-7-13/h3-8H,9H2,1-2H3. The van der Waals surface area contributed by atoms with E-state index in [1.165, 1.54) is 4.80 Å². The molecule has 8 heteroatoms. The second kappa shape index (κ2) is 5.40. The van der Waals surface area contributed by atoms with Gasteiger partial charge in [0.05, 0.1) is 23.4 Å². The molecule has 0 amide bonds. The van der Waals surface area contributed by atoms with E-state index >= 15 is 0 Å². The third kappa shape index (κ3) is 2.46. The van der Waals surface area contributed by atoms with Crippen LogP contribution in [0.15, 0.2) is 36.5 Å². The monoisotopic (exact) mass is 298 g/mol. The van der Waals surface area contributed by atoms with E-state index in [1.54, 1.807) is 24.7 Å². The molecule has 2 heterocycles. The van der Waals surface area contributed by atoms with Crippen LogP contribution in [0.25, 0.3) is 5.69 Å². The van der Waals surface area contributed by atoms with Gasteiger partial charge in [0.25, 0.3) is 0 Å². The van der Waals surface area contributed by atoms with E-state index in [0.29, 0.717) is 23.6 Å². The Balaban J connectivity index is 1.88. The number of nitro groups is 1. The van der Waals surface area contributed by atoms with Crippen LogP contribution in [0.1, 0.15) is 17.1 Å². The molecule has 0 aliphatic heterocycles. The first kappa shape index (κ1) is 13.9. The Hall–Kier alpha value is -3.03. The van der Waals surface area contributed by atoms with Gasteiger partial charge in [0.1, 0.15) is 17.1 Å². The van der Waals surface area contributed by atoms with Gasteiger partial charge in [-0.1, -0.05) is 18.2 Å². The Labute approximate surface area is 126 Å². The molecule has 22 heavy (non-hydrogen) atoms. The zero-order valence-corrected chi connectivity index (χ0v) is 12.2. The molecular weight excluding hydrogens is 284 g/mol. The fraction of sp³-hybridized carbons (Fsp3) is 0.214. The summed E-state index contributed by atoms with van der Waals surface area (Å²) < 4.78 is 1.58. The maximum atomic E-state index is 11.0. The van der Waals surface area contributed by atoms with Crippen molar-refractivity contribution < 1.29 is 4.92 Å². The summed E-state index contributed by atoms with van der Waals surface area (Å²) in [5.41, 5.74) is 2.50. The van der Waals surface area contributed by atoms with Crippen LogP contribution in [-0.2, 0) is 6.54 Å². The lowest BCUT2D eigenvalue weighted by molar-refractivity contribution is -0.386. The van der Waals surface area contributed by atoms with E-state index in [0.717, 1.165) is 5.69 Å². The van der Waals surface area contributed by atoms with Gasteiger partial charge in [0, 0.05) is 0 Å². The second-order valence-electron chi connectivity index (χ2n) is 4.90. The number of para-hydroxylation sites is 1. The summed E-state index contributed by atoms with van der Waals surface area (Å²) in [6, 6.07) is 9.53. The molecule has 8 nitrogen and oxygen atoms in total. The van der Waals surface area contributed by atoms with Crippen LogP contribution in [0, 0.1) is 24.0 Å². The van der Waals surface area contributed by atoms with E-state index in [4.69, 9.17) is 0 Å². The van der Waals surface area contributed by atoms with E-state index in [9.17, 15) is 10.1 Å². The minimum Gasteiger partial charge on any atom is -0.258 e. The molecular formula is C14H14N6O2. The number of aromatic nitrogens is 5. The van der Waals surface area contributed by atoms with Crippen molar-refractivity contribution in [2.75, 3.05) is 0 Å². The highest BCUT2D eigenvalue weighted by atomic mass is 16.6. The first-order valence-electron chi connectivity index (χ1n) is 6.71. The third-order valence-corrected chi connectivity index (χ3v) is 3.36. The van der Waals surface area contributed by atoms with Crippen molar-refractivity contribution in [3.05, 3.63) is 63.7 Å². The molecule has 0 saturated carbocycles. The molecule has 2 aromatic heterocycles. The minimum atomic E-state index is -0.408. The first-order valence-corrected chi connectivity index (χ1v) is 6.71. The Morgan fingerprint density at radius 3 is 2.55 bits per heavy atom. The Morgan fingerprint density at radius 1 is 1.18 bits per heavy atom. The van der Waals surface area contributed by atoms with E-state index < -0.39 is 4.92 Å². The quantitative estimate of drug-likeness (QED) is 0.543. The minimum absolute atomic E-state index is 0.0513. The van der Waals surface area contributed by atoms with Crippen molar-refractivity contribution in [1.29, 1.82) is 0 Å². The summed E-state index contributed by atoms with van der Waals surface area (Å²) in [6.07, 6.45) is 1.63. The van der Waals surface area contributed by atoms with Crippen LogP contribution in [0.5, 0.6) is 0 Å². The highest BCUT2D eigenvalue weighted by Crippen LogP contribution is 2.22. The van der Waals surface area contributed by atoms with Crippen molar-refractivity contribution in [3.63, 3.8) is 0 Å². The van der Waals surface area contributed by atoms with Gasteiger partial charge >= 0.3 is 5.69 Å². The fourth-order valence-corrected chi connectivity index (χ4v) is 2.31. The molecule has 0 aliphatic carbocycles. The Morgan fingerprint density at radius 2 is 1.91 bits per heavy atom. The lowest BCUT2D eigenvalue weighted by atomic mass is 10.3. The van der Waals surface area contributed by atoms with Crippen LogP contribution in [0.3, 0.4) is 0 Å². The molecule has 0 radical (unpaired) electrons. The molecule has 0 atom stereocenters. The normalized spacial score (nSPS) is 10.8. The lowest BCUT2D eigenvalue weighted by Crippen LogP contribution is -2.06. The van der Waals surface area contributed by atoms with Crippen molar-refractivity contribution in [2.24, 2.45) is 0 Å². The van der Waals surface area contributed by atoms with Gasteiger partial charge in [0.15, 0.2) is 0 Å². The third-order valence-electron chi connectivity index (χ3n) is 3.36. The maximum absolute atomic E-state index is 11.0. The van der Waals surface area contributed by atoms with Gasteiger partial charge in [0.2, 0.25) is 0 Å². The second-order valence-corrected chi connectivity index (χ2v) is 4.90. The largest absolute Gasteiger partial charge is 0.312 e. The summed E-state index contributed by atoms with van der Waals surface area (Å²) in [7, 11) is 0. The predicted octanol–water partition coefficient (Wildman–Crippen LogP) is 2.04. The van der Waals surface area contributed by atoms with Gasteiger partial charge in [-0.3, -0.25) is 14.8 Å². The lowest BCUT2D eigenvalue weighted by Gasteiger charge is -2.00. The van der Waals surface area contributed by atoms with Gasteiger partial charge in [-0.25, -0.2) is 0 Å². The van der Waals surface area contributed by atoms with Gasteiger partial charge in [-0.05, 0) is 26.0 Å². The molecule has 0 aliphatic rings. The summed E-state index contributed by atoms with van der Waals surface area (Å²) in [5.74, 6) is 0. The van der Waals surface area contributed by atoms with Crippen LogP contribution in [-0.4, -0.2) is 29.7 Å². The zero-order valence-electron chi connectivity index (χ0n) is 12.2. The number of hydrogen-bond donors (Lipinski definition) is 0. The van der Waals surface area contributed by atoms with Crippen molar-refractivity contribution in [2.45, 2.75) is 20.4 Å². The molecule has 1 aromatic carbocycles. The molecule has 112 valence electrons. The SMILES string of the molecule is Cc1nn(Cc2cnn(-c3ccccc3)n2)c(C)c1[N+](=O)[O-]. The highest BCUT2D eigenvalue weighted by molar-refractivity contribution is 5.39. The zero-order chi connectivity index (χ0) is 15.7. The van der Waals surface area contributed by atoms with Crippen LogP contribution in [0.4, 0.5) is 5.69 Å². The summed E-state index contributed by atoms with van der Waals surface area (Å²) in [4.78, 5) is 12.1. The Kier molecular flexibility index (Phi) is 3.42. The van der Waals surface area contributed by atoms with Crippen LogP contribution in [0.2, 0.25) is 0 Å². The number of aryl methyl sites for hydroxylation is 1. The smallest absolute Gasteiger partial charge is 0.258 e. The first-order chi connectivity index (χ1) is 10.6. The van der Waals surface area contributed by atoms with Gasteiger partial charge in [-0.2, -0.15) is 20.1 Å². The molecule has 0 unspecified atom stereocenters. The molecule has 0 saturated heterocycles. The number of benzene rings is 1. The molecule has 3 aromatic rings. The van der Waals surface area contributed by atoms with E-state index in [-0.39, 0.29) is 5.69 Å². The molecule has 0 bridgehead atoms. The summed E-state index contributed by atoms with van der Waals surface area (Å²) in [6.45, 7) is 3.65. The molecule has 0 fully saturated rings. The topological polar surface area (TPSA) is 91.7 Å². The van der Waals surface area contributed by atoms with Crippen molar-refractivity contribution in [1.82, 2.24) is 24.8 Å². The maximum Gasteiger partial charge on any atom is 0.312 e.